The first-order valence-corrected chi connectivity index (χ1v) is 5.52. The molecule has 94 valence electrons. The molecule has 1 aromatic carbocycles. The lowest BCUT2D eigenvalue weighted by Crippen LogP contribution is -2.30. The van der Waals surface area contributed by atoms with Crippen LogP contribution in [0.1, 0.15) is 12.5 Å². The molecule has 0 bridgehead atoms. The number of methoxy groups -OCH3 is 1. The fourth-order valence-electron chi connectivity index (χ4n) is 1.36. The van der Waals surface area contributed by atoms with E-state index in [-0.39, 0.29) is 6.61 Å². The van der Waals surface area contributed by atoms with Gasteiger partial charge in [0.1, 0.15) is 0 Å². The second-order valence-corrected chi connectivity index (χ2v) is 3.88. The molecule has 0 spiro atoms. The highest BCUT2D eigenvalue weighted by Gasteiger charge is 2.22. The summed E-state index contributed by atoms with van der Waals surface area (Å²) >= 11 is 0. The van der Waals surface area contributed by atoms with Crippen molar-refractivity contribution in [3.63, 3.8) is 0 Å². The van der Waals surface area contributed by atoms with Crippen molar-refractivity contribution in [3.05, 3.63) is 35.9 Å². The van der Waals surface area contributed by atoms with E-state index in [1.54, 1.807) is 6.92 Å². The minimum atomic E-state index is -0.842. The lowest BCUT2D eigenvalue weighted by molar-refractivity contribution is -0.150. The van der Waals surface area contributed by atoms with Gasteiger partial charge in [-0.1, -0.05) is 30.3 Å². The molecule has 4 heteroatoms. The van der Waals surface area contributed by atoms with Gasteiger partial charge in [0.2, 0.25) is 0 Å². The average Bonchev–Trinajstić information content (AvgIpc) is 2.38. The van der Waals surface area contributed by atoms with Crippen LogP contribution in [0, 0.1) is 5.92 Å². The highest BCUT2D eigenvalue weighted by molar-refractivity contribution is 5.72. The third-order valence-electron chi connectivity index (χ3n) is 2.55. The van der Waals surface area contributed by atoms with Crippen LogP contribution in [0.3, 0.4) is 0 Å². The Morgan fingerprint density at radius 2 is 2.00 bits per heavy atom. The number of carbonyl (C=O) groups excluding carboxylic acids is 1. The molecule has 2 atom stereocenters. The SMILES string of the molecule is COC(=O)[C@H](C)[C@@H](O)COCc1ccccc1. The Morgan fingerprint density at radius 3 is 2.59 bits per heavy atom. The number of ether oxygens (including phenoxy) is 2. The van der Waals surface area contributed by atoms with Gasteiger partial charge >= 0.3 is 5.97 Å². The van der Waals surface area contributed by atoms with Crippen LogP contribution in [0.5, 0.6) is 0 Å². The molecule has 0 heterocycles. The zero-order valence-corrected chi connectivity index (χ0v) is 10.1. The largest absolute Gasteiger partial charge is 0.469 e. The molecule has 0 aliphatic carbocycles. The predicted octanol–water partition coefficient (Wildman–Crippen LogP) is 1.37. The maximum absolute atomic E-state index is 11.1. The van der Waals surface area contributed by atoms with E-state index in [1.807, 2.05) is 30.3 Å². The zero-order chi connectivity index (χ0) is 12.7. The van der Waals surface area contributed by atoms with E-state index in [1.165, 1.54) is 7.11 Å². The summed E-state index contributed by atoms with van der Waals surface area (Å²) in [5.41, 5.74) is 1.03. The highest BCUT2D eigenvalue weighted by Crippen LogP contribution is 2.07. The molecule has 1 N–H and O–H groups in total. The number of aliphatic hydroxyl groups excluding tert-OH is 1. The quantitative estimate of drug-likeness (QED) is 0.761. The summed E-state index contributed by atoms with van der Waals surface area (Å²) in [7, 11) is 1.30. The Morgan fingerprint density at radius 1 is 1.35 bits per heavy atom. The van der Waals surface area contributed by atoms with Gasteiger partial charge in [-0.25, -0.2) is 0 Å². The topological polar surface area (TPSA) is 55.8 Å². The summed E-state index contributed by atoms with van der Waals surface area (Å²) in [5, 5.41) is 9.67. The monoisotopic (exact) mass is 238 g/mol. The normalized spacial score (nSPS) is 14.1. The Kier molecular flexibility index (Phi) is 5.66. The molecule has 17 heavy (non-hydrogen) atoms. The number of aliphatic hydroxyl groups is 1. The molecule has 0 fully saturated rings. The van der Waals surface area contributed by atoms with Crippen molar-refractivity contribution in [1.82, 2.24) is 0 Å². The molecule has 0 aromatic heterocycles. The molecule has 0 radical (unpaired) electrons. The number of rotatable bonds is 6. The van der Waals surface area contributed by atoms with Crippen molar-refractivity contribution in [1.29, 1.82) is 0 Å². The first kappa shape index (κ1) is 13.7. The van der Waals surface area contributed by atoms with E-state index in [2.05, 4.69) is 4.74 Å². The minimum Gasteiger partial charge on any atom is -0.469 e. The van der Waals surface area contributed by atoms with Gasteiger partial charge < -0.3 is 14.6 Å². The van der Waals surface area contributed by atoms with Crippen molar-refractivity contribution in [2.45, 2.75) is 19.6 Å². The van der Waals surface area contributed by atoms with E-state index >= 15 is 0 Å². The van der Waals surface area contributed by atoms with Gasteiger partial charge in [0.05, 0.1) is 32.3 Å². The van der Waals surface area contributed by atoms with E-state index in [0.717, 1.165) is 5.56 Å². The third kappa shape index (κ3) is 4.54. The van der Waals surface area contributed by atoms with Gasteiger partial charge in [0.15, 0.2) is 0 Å². The Balaban J connectivity index is 2.29. The minimum absolute atomic E-state index is 0.116. The molecule has 1 aromatic rings. The average molecular weight is 238 g/mol. The summed E-state index contributed by atoms with van der Waals surface area (Å²) in [6, 6.07) is 9.66. The number of hydrogen-bond acceptors (Lipinski definition) is 4. The zero-order valence-electron chi connectivity index (χ0n) is 10.1. The van der Waals surface area contributed by atoms with Crippen LogP contribution < -0.4 is 0 Å². The van der Waals surface area contributed by atoms with Crippen LogP contribution in [0.2, 0.25) is 0 Å². The first-order valence-electron chi connectivity index (χ1n) is 5.52. The van der Waals surface area contributed by atoms with Crippen LogP contribution in [0.25, 0.3) is 0 Å². The standard InChI is InChI=1S/C13H18O4/c1-10(13(15)16-2)12(14)9-17-8-11-6-4-3-5-7-11/h3-7,10,12,14H,8-9H2,1-2H3/t10-,12+/m1/s1. The molecule has 0 saturated heterocycles. The van der Waals surface area contributed by atoms with Crippen LogP contribution in [-0.2, 0) is 20.9 Å². The second kappa shape index (κ2) is 7.04. The van der Waals surface area contributed by atoms with Crippen molar-refractivity contribution < 1.29 is 19.4 Å². The van der Waals surface area contributed by atoms with Gasteiger partial charge in [0, 0.05) is 0 Å². The first-order chi connectivity index (χ1) is 8.15. The van der Waals surface area contributed by atoms with E-state index in [0.29, 0.717) is 6.61 Å². The lowest BCUT2D eigenvalue weighted by atomic mass is 10.1. The van der Waals surface area contributed by atoms with E-state index < -0.39 is 18.0 Å². The van der Waals surface area contributed by atoms with E-state index in [4.69, 9.17) is 4.74 Å². The molecule has 0 aliphatic rings. The smallest absolute Gasteiger partial charge is 0.311 e. The number of esters is 1. The number of carbonyl (C=O) groups is 1. The second-order valence-electron chi connectivity index (χ2n) is 3.88. The van der Waals surface area contributed by atoms with Crippen molar-refractivity contribution in [2.75, 3.05) is 13.7 Å². The predicted molar refractivity (Wildman–Crippen MR) is 63.3 cm³/mol. The van der Waals surface area contributed by atoms with E-state index in [9.17, 15) is 9.90 Å². The van der Waals surface area contributed by atoms with Gasteiger partial charge in [0.25, 0.3) is 0 Å². The summed E-state index contributed by atoms with van der Waals surface area (Å²) < 4.78 is 9.88. The molecule has 1 rings (SSSR count). The molecule has 0 amide bonds. The maximum Gasteiger partial charge on any atom is 0.311 e. The highest BCUT2D eigenvalue weighted by atomic mass is 16.5. The molecular weight excluding hydrogens is 220 g/mol. The fraction of sp³-hybridized carbons (Fsp3) is 0.462. The molecular formula is C13H18O4. The van der Waals surface area contributed by atoms with Gasteiger partial charge in [-0.3, -0.25) is 4.79 Å². The Bertz CT molecular complexity index is 337. The maximum atomic E-state index is 11.1. The van der Waals surface area contributed by atoms with Crippen LogP contribution >= 0.6 is 0 Å². The molecule has 4 nitrogen and oxygen atoms in total. The summed E-state index contributed by atoms with van der Waals surface area (Å²) in [6.45, 7) is 2.15. The Labute approximate surface area is 101 Å². The van der Waals surface area contributed by atoms with Gasteiger partial charge in [-0.2, -0.15) is 0 Å². The fourth-order valence-corrected chi connectivity index (χ4v) is 1.36. The van der Waals surface area contributed by atoms with Gasteiger partial charge in [-0.05, 0) is 12.5 Å². The molecule has 0 aliphatic heterocycles. The number of hydrogen-bond donors (Lipinski definition) is 1. The van der Waals surface area contributed by atoms with Crippen LogP contribution in [0.15, 0.2) is 30.3 Å². The Hall–Kier alpha value is -1.39. The number of benzene rings is 1. The molecule has 0 saturated carbocycles. The summed E-state index contributed by atoms with van der Waals surface area (Å²) in [4.78, 5) is 11.1. The summed E-state index contributed by atoms with van der Waals surface area (Å²) in [6.07, 6.45) is -0.842. The van der Waals surface area contributed by atoms with Crippen LogP contribution in [0.4, 0.5) is 0 Å². The molecule has 0 unspecified atom stereocenters. The van der Waals surface area contributed by atoms with Crippen LogP contribution in [-0.4, -0.2) is 30.9 Å². The lowest BCUT2D eigenvalue weighted by Gasteiger charge is -2.16. The van der Waals surface area contributed by atoms with Crippen molar-refractivity contribution >= 4 is 5.97 Å². The third-order valence-corrected chi connectivity index (χ3v) is 2.55. The van der Waals surface area contributed by atoms with Crippen molar-refractivity contribution in [2.24, 2.45) is 5.92 Å². The van der Waals surface area contributed by atoms with Crippen molar-refractivity contribution in [3.8, 4) is 0 Å². The van der Waals surface area contributed by atoms with Gasteiger partial charge in [-0.15, -0.1) is 0 Å². The summed E-state index contributed by atoms with van der Waals surface area (Å²) in [5.74, 6) is -1.00.